The van der Waals surface area contributed by atoms with Crippen LogP contribution in [0.3, 0.4) is 0 Å². The molecule has 1 heterocycles. The van der Waals surface area contributed by atoms with Crippen molar-refractivity contribution in [2.24, 2.45) is 0 Å². The highest BCUT2D eigenvalue weighted by Gasteiger charge is 2.26. The number of nitrogens with zero attached hydrogens (tertiary/aromatic N) is 2. The number of benzene rings is 3. The van der Waals surface area contributed by atoms with Crippen LogP contribution in [-0.2, 0) is 6.54 Å². The third kappa shape index (κ3) is 5.27. The molecule has 1 fully saturated rings. The van der Waals surface area contributed by atoms with E-state index in [0.29, 0.717) is 18.8 Å². The molecule has 3 aromatic rings. The second-order valence-corrected chi connectivity index (χ2v) is 8.19. The molecule has 164 valence electrons. The molecule has 0 aliphatic carbocycles. The molecule has 6 heteroatoms. The summed E-state index contributed by atoms with van der Waals surface area (Å²) in [5.41, 5.74) is 5.69. The fourth-order valence-corrected chi connectivity index (χ4v) is 3.85. The van der Waals surface area contributed by atoms with E-state index in [1.807, 2.05) is 66.4 Å². The molecule has 0 radical (unpaired) electrons. The minimum absolute atomic E-state index is 0.00980. The summed E-state index contributed by atoms with van der Waals surface area (Å²) in [5, 5.41) is 5.64. The smallest absolute Gasteiger partial charge is 0.320 e. The molecule has 1 aliphatic rings. The SMILES string of the molecule is Cc1ccc(NC(=O)Nc2ccc(N3CCCN(Cc4cccc(C)c4)C3=O)cc2)cc1. The number of rotatable bonds is 5. The Balaban J connectivity index is 1.37. The highest BCUT2D eigenvalue weighted by Crippen LogP contribution is 2.23. The van der Waals surface area contributed by atoms with E-state index < -0.39 is 0 Å². The zero-order valence-electron chi connectivity index (χ0n) is 18.5. The lowest BCUT2D eigenvalue weighted by molar-refractivity contribution is 0.192. The molecule has 4 rings (SSSR count). The van der Waals surface area contributed by atoms with Crippen LogP contribution in [0.2, 0.25) is 0 Å². The van der Waals surface area contributed by atoms with Crippen molar-refractivity contribution < 1.29 is 9.59 Å². The van der Waals surface area contributed by atoms with Crippen LogP contribution >= 0.6 is 0 Å². The Morgan fingerprint density at radius 2 is 1.50 bits per heavy atom. The molecule has 0 bridgehead atoms. The summed E-state index contributed by atoms with van der Waals surface area (Å²) in [6.07, 6.45) is 0.913. The number of aryl methyl sites for hydroxylation is 2. The van der Waals surface area contributed by atoms with Crippen LogP contribution in [0.1, 0.15) is 23.1 Å². The summed E-state index contributed by atoms with van der Waals surface area (Å²) in [6.45, 7) is 6.10. The number of nitrogens with one attached hydrogen (secondary N) is 2. The van der Waals surface area contributed by atoms with E-state index in [2.05, 4.69) is 35.8 Å². The minimum atomic E-state index is -0.306. The van der Waals surface area contributed by atoms with Crippen molar-refractivity contribution in [2.45, 2.75) is 26.8 Å². The lowest BCUT2D eigenvalue weighted by atomic mass is 10.1. The molecule has 6 nitrogen and oxygen atoms in total. The predicted octanol–water partition coefficient (Wildman–Crippen LogP) is 5.78. The Bertz CT molecular complexity index is 1090. The summed E-state index contributed by atoms with van der Waals surface area (Å²) in [7, 11) is 0. The van der Waals surface area contributed by atoms with E-state index in [0.717, 1.165) is 35.5 Å². The van der Waals surface area contributed by atoms with Crippen molar-refractivity contribution in [1.82, 2.24) is 4.90 Å². The Hall–Kier alpha value is -3.80. The van der Waals surface area contributed by atoms with E-state index in [1.54, 1.807) is 4.90 Å². The molecule has 1 aliphatic heterocycles. The average molecular weight is 429 g/mol. The third-order valence-electron chi connectivity index (χ3n) is 5.51. The van der Waals surface area contributed by atoms with Gasteiger partial charge in [-0.15, -0.1) is 0 Å². The van der Waals surface area contributed by atoms with E-state index in [-0.39, 0.29) is 12.1 Å². The van der Waals surface area contributed by atoms with Gasteiger partial charge < -0.3 is 15.5 Å². The molecule has 32 heavy (non-hydrogen) atoms. The second-order valence-electron chi connectivity index (χ2n) is 8.19. The first-order valence-corrected chi connectivity index (χ1v) is 10.8. The molecule has 0 atom stereocenters. The molecular formula is C26H28N4O2. The van der Waals surface area contributed by atoms with Crippen molar-refractivity contribution >= 4 is 29.1 Å². The van der Waals surface area contributed by atoms with Gasteiger partial charge in [0.2, 0.25) is 0 Å². The topological polar surface area (TPSA) is 64.7 Å². The van der Waals surface area contributed by atoms with Crippen LogP contribution in [0.4, 0.5) is 26.7 Å². The van der Waals surface area contributed by atoms with Gasteiger partial charge in [0, 0.05) is 36.7 Å². The number of urea groups is 2. The molecule has 1 saturated heterocycles. The molecular weight excluding hydrogens is 400 g/mol. The number of carbonyl (C=O) groups is 2. The Kier molecular flexibility index (Phi) is 6.40. The number of carbonyl (C=O) groups excluding carboxylic acids is 2. The van der Waals surface area contributed by atoms with Crippen LogP contribution in [0, 0.1) is 13.8 Å². The molecule has 0 aromatic heterocycles. The van der Waals surface area contributed by atoms with Gasteiger partial charge >= 0.3 is 12.1 Å². The normalized spacial score (nSPS) is 13.8. The van der Waals surface area contributed by atoms with Gasteiger partial charge in [0.25, 0.3) is 0 Å². The van der Waals surface area contributed by atoms with Gasteiger partial charge in [0.05, 0.1) is 0 Å². The zero-order valence-corrected chi connectivity index (χ0v) is 18.5. The molecule has 2 N–H and O–H groups in total. The Morgan fingerprint density at radius 3 is 2.16 bits per heavy atom. The number of hydrogen-bond donors (Lipinski definition) is 2. The Labute approximate surface area is 188 Å². The maximum Gasteiger partial charge on any atom is 0.324 e. The van der Waals surface area contributed by atoms with Gasteiger partial charge in [-0.25, -0.2) is 9.59 Å². The van der Waals surface area contributed by atoms with Crippen molar-refractivity contribution in [2.75, 3.05) is 28.6 Å². The van der Waals surface area contributed by atoms with Gasteiger partial charge in [0.15, 0.2) is 0 Å². The lowest BCUT2D eigenvalue weighted by Gasteiger charge is -2.35. The standard InChI is InChI=1S/C26H28N4O2/c1-19-7-9-22(10-8-19)27-25(31)28-23-11-13-24(14-12-23)30-16-4-15-29(26(30)32)18-21-6-3-5-20(2)17-21/h3,5-14,17H,4,15-16,18H2,1-2H3,(H2,27,28,31). The number of amides is 4. The quantitative estimate of drug-likeness (QED) is 0.541. The highest BCUT2D eigenvalue weighted by atomic mass is 16.2. The fraction of sp³-hybridized carbons (Fsp3) is 0.231. The van der Waals surface area contributed by atoms with Gasteiger partial charge in [0.1, 0.15) is 0 Å². The van der Waals surface area contributed by atoms with Crippen molar-refractivity contribution in [1.29, 1.82) is 0 Å². The first-order valence-electron chi connectivity index (χ1n) is 10.8. The van der Waals surface area contributed by atoms with E-state index >= 15 is 0 Å². The number of hydrogen-bond acceptors (Lipinski definition) is 2. The van der Waals surface area contributed by atoms with Gasteiger partial charge in [-0.05, 0) is 62.2 Å². The summed E-state index contributed by atoms with van der Waals surface area (Å²) in [5.74, 6) is 0. The average Bonchev–Trinajstić information content (AvgIpc) is 2.77. The van der Waals surface area contributed by atoms with Crippen molar-refractivity contribution in [3.05, 3.63) is 89.5 Å². The maximum atomic E-state index is 13.1. The Morgan fingerprint density at radius 1 is 0.844 bits per heavy atom. The third-order valence-corrected chi connectivity index (χ3v) is 5.51. The van der Waals surface area contributed by atoms with Crippen LogP contribution in [0.15, 0.2) is 72.8 Å². The van der Waals surface area contributed by atoms with E-state index in [9.17, 15) is 9.59 Å². The van der Waals surface area contributed by atoms with Crippen LogP contribution in [0.25, 0.3) is 0 Å². The first kappa shape index (κ1) is 21.4. The van der Waals surface area contributed by atoms with E-state index in [4.69, 9.17) is 0 Å². The molecule has 0 spiro atoms. The summed E-state index contributed by atoms with van der Waals surface area (Å²) < 4.78 is 0. The van der Waals surface area contributed by atoms with Crippen LogP contribution < -0.4 is 15.5 Å². The predicted molar refractivity (Wildman–Crippen MR) is 129 cm³/mol. The second kappa shape index (κ2) is 9.56. The largest absolute Gasteiger partial charge is 0.324 e. The van der Waals surface area contributed by atoms with Gasteiger partial charge in [-0.2, -0.15) is 0 Å². The first-order chi connectivity index (χ1) is 15.5. The summed E-state index contributed by atoms with van der Waals surface area (Å²) >= 11 is 0. The summed E-state index contributed by atoms with van der Waals surface area (Å²) in [4.78, 5) is 29.0. The monoisotopic (exact) mass is 428 g/mol. The number of anilines is 3. The van der Waals surface area contributed by atoms with Gasteiger partial charge in [-0.1, -0.05) is 47.5 Å². The minimum Gasteiger partial charge on any atom is -0.320 e. The zero-order chi connectivity index (χ0) is 22.5. The molecule has 4 amide bonds. The van der Waals surface area contributed by atoms with Crippen molar-refractivity contribution in [3.63, 3.8) is 0 Å². The van der Waals surface area contributed by atoms with Crippen LogP contribution in [0.5, 0.6) is 0 Å². The maximum absolute atomic E-state index is 13.1. The van der Waals surface area contributed by atoms with Crippen LogP contribution in [-0.4, -0.2) is 30.1 Å². The summed E-state index contributed by atoms with van der Waals surface area (Å²) in [6, 6.07) is 23.0. The highest BCUT2D eigenvalue weighted by molar-refractivity contribution is 6.00. The van der Waals surface area contributed by atoms with Crippen molar-refractivity contribution in [3.8, 4) is 0 Å². The lowest BCUT2D eigenvalue weighted by Crippen LogP contribution is -2.49. The molecule has 0 unspecified atom stereocenters. The molecule has 0 saturated carbocycles. The fourth-order valence-electron chi connectivity index (χ4n) is 3.85. The molecule has 3 aromatic carbocycles. The van der Waals surface area contributed by atoms with Gasteiger partial charge in [-0.3, -0.25) is 4.90 Å². The van der Waals surface area contributed by atoms with E-state index in [1.165, 1.54) is 5.56 Å².